The second-order valence-electron chi connectivity index (χ2n) is 3.57. The number of hydrogen-bond donors (Lipinski definition) is 1. The molecule has 18 heavy (non-hydrogen) atoms. The summed E-state index contributed by atoms with van der Waals surface area (Å²) in [7, 11) is 2.43. The summed E-state index contributed by atoms with van der Waals surface area (Å²) < 4.78 is 9.46. The minimum absolute atomic E-state index is 0.0191. The van der Waals surface area contributed by atoms with E-state index in [1.165, 1.54) is 7.11 Å². The van der Waals surface area contributed by atoms with Crippen LogP contribution >= 0.6 is 0 Å². The summed E-state index contributed by atoms with van der Waals surface area (Å²) in [6.45, 7) is 1.90. The molecule has 1 N–H and O–H groups in total. The van der Waals surface area contributed by atoms with Crippen molar-refractivity contribution in [3.8, 4) is 0 Å². The Hall–Kier alpha value is -2.30. The van der Waals surface area contributed by atoms with Crippen molar-refractivity contribution in [3.05, 3.63) is 41.0 Å². The number of rotatable bonds is 4. The van der Waals surface area contributed by atoms with Gasteiger partial charge in [-0.2, -0.15) is 0 Å². The van der Waals surface area contributed by atoms with E-state index in [4.69, 9.17) is 9.84 Å². The van der Waals surface area contributed by atoms with Crippen LogP contribution in [0, 0.1) is 6.92 Å². The lowest BCUT2D eigenvalue weighted by molar-refractivity contribution is -0.142. The van der Waals surface area contributed by atoms with Crippen LogP contribution in [0.1, 0.15) is 11.1 Å². The van der Waals surface area contributed by atoms with Gasteiger partial charge in [-0.05, 0) is 6.92 Å². The van der Waals surface area contributed by atoms with Gasteiger partial charge in [0.1, 0.15) is 5.76 Å². The third-order valence-corrected chi connectivity index (χ3v) is 2.35. The number of benzene rings is 1. The van der Waals surface area contributed by atoms with Crippen molar-refractivity contribution in [1.29, 1.82) is 0 Å². The quantitative estimate of drug-likeness (QED) is 0.289. The molecule has 0 saturated carbocycles. The van der Waals surface area contributed by atoms with Crippen molar-refractivity contribution in [2.45, 2.75) is 6.92 Å². The number of hydrogen-bond acceptors (Lipinski definition) is 4. The first-order valence-electron chi connectivity index (χ1n) is 5.18. The standard InChI is InChI=1S/C13H14O5/c1-8-4-6-9(7-5-8)11(17-2)10(12(14)15)13(16)18-3/h4-7H,1-3H3,(H,14,15). The Bertz CT molecular complexity index is 485. The van der Waals surface area contributed by atoms with Crippen LogP contribution in [-0.4, -0.2) is 31.3 Å². The van der Waals surface area contributed by atoms with Crippen molar-refractivity contribution in [2.24, 2.45) is 0 Å². The van der Waals surface area contributed by atoms with E-state index in [1.54, 1.807) is 24.3 Å². The third kappa shape index (κ3) is 2.88. The molecule has 0 bridgehead atoms. The molecule has 0 amide bonds. The minimum atomic E-state index is -1.39. The van der Waals surface area contributed by atoms with Crippen LogP contribution in [0.15, 0.2) is 29.8 Å². The van der Waals surface area contributed by atoms with Gasteiger partial charge < -0.3 is 14.6 Å². The second-order valence-corrected chi connectivity index (χ2v) is 3.57. The molecule has 0 radical (unpaired) electrons. The van der Waals surface area contributed by atoms with Gasteiger partial charge in [-0.25, -0.2) is 9.59 Å². The summed E-state index contributed by atoms with van der Waals surface area (Å²) >= 11 is 0. The molecule has 0 heterocycles. The maximum absolute atomic E-state index is 11.5. The molecule has 0 aliphatic rings. The molecule has 0 aliphatic carbocycles. The van der Waals surface area contributed by atoms with Crippen LogP contribution in [0.2, 0.25) is 0 Å². The topological polar surface area (TPSA) is 72.8 Å². The highest BCUT2D eigenvalue weighted by Gasteiger charge is 2.25. The fourth-order valence-corrected chi connectivity index (χ4v) is 1.45. The van der Waals surface area contributed by atoms with Gasteiger partial charge in [-0.15, -0.1) is 0 Å². The number of aryl methyl sites for hydroxylation is 1. The van der Waals surface area contributed by atoms with Crippen molar-refractivity contribution in [3.63, 3.8) is 0 Å². The zero-order valence-electron chi connectivity index (χ0n) is 10.4. The van der Waals surface area contributed by atoms with E-state index < -0.39 is 17.5 Å². The molecule has 1 aromatic carbocycles. The zero-order valence-corrected chi connectivity index (χ0v) is 10.4. The summed E-state index contributed by atoms with van der Waals surface area (Å²) in [6.07, 6.45) is 0. The third-order valence-electron chi connectivity index (χ3n) is 2.35. The smallest absolute Gasteiger partial charge is 0.349 e. The first-order chi connectivity index (χ1) is 8.51. The van der Waals surface area contributed by atoms with Crippen LogP contribution in [0.3, 0.4) is 0 Å². The van der Waals surface area contributed by atoms with Gasteiger partial charge in [-0.3, -0.25) is 0 Å². The largest absolute Gasteiger partial charge is 0.495 e. The first kappa shape index (κ1) is 13.8. The van der Waals surface area contributed by atoms with E-state index in [0.717, 1.165) is 12.7 Å². The van der Waals surface area contributed by atoms with Gasteiger partial charge in [0, 0.05) is 5.56 Å². The van der Waals surface area contributed by atoms with Crippen LogP contribution in [0.5, 0.6) is 0 Å². The highest BCUT2D eigenvalue weighted by Crippen LogP contribution is 2.21. The van der Waals surface area contributed by atoms with Gasteiger partial charge in [0.05, 0.1) is 14.2 Å². The number of carboxylic acid groups (broad SMARTS) is 1. The molecule has 0 fully saturated rings. The molecule has 5 nitrogen and oxygen atoms in total. The van der Waals surface area contributed by atoms with E-state index in [1.807, 2.05) is 6.92 Å². The normalized spacial score (nSPS) is 11.5. The molecular formula is C13H14O5. The maximum atomic E-state index is 11.5. The molecule has 96 valence electrons. The number of esters is 1. The molecular weight excluding hydrogens is 236 g/mol. The Morgan fingerprint density at radius 1 is 1.06 bits per heavy atom. The first-order valence-corrected chi connectivity index (χ1v) is 5.18. The van der Waals surface area contributed by atoms with Crippen LogP contribution in [-0.2, 0) is 19.1 Å². The maximum Gasteiger partial charge on any atom is 0.349 e. The number of carboxylic acids is 1. The van der Waals surface area contributed by atoms with Gasteiger partial charge in [0.25, 0.3) is 0 Å². The van der Waals surface area contributed by atoms with Crippen LogP contribution < -0.4 is 0 Å². The van der Waals surface area contributed by atoms with Gasteiger partial charge in [0.15, 0.2) is 5.57 Å². The highest BCUT2D eigenvalue weighted by molar-refractivity contribution is 6.18. The van der Waals surface area contributed by atoms with E-state index in [0.29, 0.717) is 5.56 Å². The molecule has 1 rings (SSSR count). The van der Waals surface area contributed by atoms with Gasteiger partial charge in [-0.1, -0.05) is 29.8 Å². The predicted octanol–water partition coefficient (Wildman–Crippen LogP) is 1.61. The van der Waals surface area contributed by atoms with Crippen molar-refractivity contribution >= 4 is 17.7 Å². The van der Waals surface area contributed by atoms with Crippen LogP contribution in [0.25, 0.3) is 5.76 Å². The summed E-state index contributed by atoms with van der Waals surface area (Å²) in [5, 5.41) is 9.05. The molecule has 0 unspecified atom stereocenters. The average molecular weight is 250 g/mol. The second kappa shape index (κ2) is 5.86. The molecule has 0 aliphatic heterocycles. The van der Waals surface area contributed by atoms with E-state index in [2.05, 4.69) is 4.74 Å². The Labute approximate surface area is 105 Å². The molecule has 5 heteroatoms. The highest BCUT2D eigenvalue weighted by atomic mass is 16.5. The van der Waals surface area contributed by atoms with Crippen molar-refractivity contribution in [2.75, 3.05) is 14.2 Å². The summed E-state index contributed by atoms with van der Waals surface area (Å²) in [4.78, 5) is 22.6. The van der Waals surface area contributed by atoms with Gasteiger partial charge in [0.2, 0.25) is 0 Å². The molecule has 1 aromatic rings. The van der Waals surface area contributed by atoms with Crippen LogP contribution in [0.4, 0.5) is 0 Å². The number of ether oxygens (including phenoxy) is 2. The lowest BCUT2D eigenvalue weighted by Gasteiger charge is -2.10. The SMILES string of the molecule is COC(=O)C(C(=O)O)=C(OC)c1ccc(C)cc1. The lowest BCUT2D eigenvalue weighted by Crippen LogP contribution is -2.16. The summed E-state index contributed by atoms with van der Waals surface area (Å²) in [5.74, 6) is -2.35. The Kier molecular flexibility index (Phi) is 4.48. The van der Waals surface area contributed by atoms with Crippen molar-refractivity contribution in [1.82, 2.24) is 0 Å². The zero-order chi connectivity index (χ0) is 13.7. The fourth-order valence-electron chi connectivity index (χ4n) is 1.45. The Morgan fingerprint density at radius 3 is 2.00 bits per heavy atom. The lowest BCUT2D eigenvalue weighted by atomic mass is 10.1. The minimum Gasteiger partial charge on any atom is -0.495 e. The summed E-state index contributed by atoms with van der Waals surface area (Å²) in [6, 6.07) is 6.95. The molecule has 0 aromatic heterocycles. The average Bonchev–Trinajstić information content (AvgIpc) is 2.35. The monoisotopic (exact) mass is 250 g/mol. The van der Waals surface area contributed by atoms with E-state index in [-0.39, 0.29) is 5.76 Å². The number of methoxy groups -OCH3 is 2. The van der Waals surface area contributed by atoms with E-state index >= 15 is 0 Å². The molecule has 0 saturated heterocycles. The number of aliphatic carboxylic acids is 1. The number of carbonyl (C=O) groups excluding carboxylic acids is 1. The molecule has 0 spiro atoms. The van der Waals surface area contributed by atoms with Gasteiger partial charge >= 0.3 is 11.9 Å². The molecule has 0 atom stereocenters. The Morgan fingerprint density at radius 2 is 1.61 bits per heavy atom. The fraction of sp³-hybridized carbons (Fsp3) is 0.231. The number of carbonyl (C=O) groups is 2. The Balaban J connectivity index is 3.39. The predicted molar refractivity (Wildman–Crippen MR) is 64.8 cm³/mol. The van der Waals surface area contributed by atoms with Crippen molar-refractivity contribution < 1.29 is 24.2 Å². The summed E-state index contributed by atoms with van der Waals surface area (Å²) in [5.41, 5.74) is 0.999. The van der Waals surface area contributed by atoms with E-state index in [9.17, 15) is 9.59 Å².